The number of likely N-dealkylation sites (tertiary alicyclic amines) is 1. The Kier molecular flexibility index (Phi) is 3.63. The molecule has 2 rings (SSSR count). The summed E-state index contributed by atoms with van der Waals surface area (Å²) < 4.78 is 0.593. The lowest BCUT2D eigenvalue weighted by molar-refractivity contribution is -0.141. The molecule has 1 aromatic rings. The molecule has 0 radical (unpaired) electrons. The van der Waals surface area contributed by atoms with Crippen LogP contribution in [0.5, 0.6) is 0 Å². The van der Waals surface area contributed by atoms with Gasteiger partial charge in [-0.05, 0) is 28.1 Å². The fourth-order valence-electron chi connectivity index (χ4n) is 1.94. The van der Waals surface area contributed by atoms with Crippen molar-refractivity contribution in [2.24, 2.45) is 0 Å². The molecule has 7 heteroatoms. The van der Waals surface area contributed by atoms with Crippen LogP contribution in [0.2, 0.25) is 0 Å². The molecular formula is C11H11BrN2O4. The molecule has 1 aliphatic heterocycles. The average molecular weight is 315 g/mol. The van der Waals surface area contributed by atoms with E-state index >= 15 is 0 Å². The van der Waals surface area contributed by atoms with Crippen LogP contribution in [0.4, 0.5) is 0 Å². The molecule has 1 aliphatic rings. The minimum atomic E-state index is -1.11. The van der Waals surface area contributed by atoms with Gasteiger partial charge in [-0.1, -0.05) is 0 Å². The number of halogens is 1. The van der Waals surface area contributed by atoms with Crippen LogP contribution in [-0.2, 0) is 4.79 Å². The number of aliphatic hydroxyl groups is 1. The van der Waals surface area contributed by atoms with E-state index in [0.717, 1.165) is 4.90 Å². The van der Waals surface area contributed by atoms with E-state index < -0.39 is 24.0 Å². The van der Waals surface area contributed by atoms with Crippen LogP contribution < -0.4 is 0 Å². The topological polar surface area (TPSA) is 90.7 Å². The first-order valence-electron chi connectivity index (χ1n) is 5.32. The highest BCUT2D eigenvalue weighted by Crippen LogP contribution is 2.21. The zero-order valence-electron chi connectivity index (χ0n) is 9.28. The molecule has 0 aromatic carbocycles. The van der Waals surface area contributed by atoms with Gasteiger partial charge < -0.3 is 15.1 Å². The standard InChI is InChI=1S/C11H11BrN2O4/c12-9-2-1-6(4-13-9)10(16)14-5-7(15)3-8(14)11(17)18/h1-2,4,7-8,15H,3,5H2,(H,17,18). The van der Waals surface area contributed by atoms with Gasteiger partial charge in [-0.15, -0.1) is 0 Å². The Morgan fingerprint density at radius 2 is 2.17 bits per heavy atom. The summed E-state index contributed by atoms with van der Waals surface area (Å²) in [5, 5.41) is 18.5. The van der Waals surface area contributed by atoms with Crippen molar-refractivity contribution < 1.29 is 19.8 Å². The third kappa shape index (κ3) is 2.51. The summed E-state index contributed by atoms with van der Waals surface area (Å²) in [4.78, 5) is 28.2. The minimum Gasteiger partial charge on any atom is -0.480 e. The van der Waals surface area contributed by atoms with Crippen LogP contribution >= 0.6 is 15.9 Å². The number of aliphatic carboxylic acids is 1. The lowest BCUT2D eigenvalue weighted by Gasteiger charge is -2.20. The maximum atomic E-state index is 12.1. The molecule has 0 saturated carbocycles. The molecule has 1 aromatic heterocycles. The van der Waals surface area contributed by atoms with Gasteiger partial charge in [0.05, 0.1) is 11.7 Å². The first-order valence-corrected chi connectivity index (χ1v) is 6.11. The molecule has 0 aliphatic carbocycles. The molecule has 0 bridgehead atoms. The van der Waals surface area contributed by atoms with Crippen LogP contribution in [0.25, 0.3) is 0 Å². The highest BCUT2D eigenvalue weighted by Gasteiger charge is 2.39. The van der Waals surface area contributed by atoms with Crippen molar-refractivity contribution >= 4 is 27.8 Å². The van der Waals surface area contributed by atoms with Gasteiger partial charge in [0, 0.05) is 19.2 Å². The van der Waals surface area contributed by atoms with Crippen molar-refractivity contribution in [3.63, 3.8) is 0 Å². The van der Waals surface area contributed by atoms with E-state index in [1.165, 1.54) is 6.20 Å². The Bertz CT molecular complexity index is 476. The Labute approximate surface area is 111 Å². The summed E-state index contributed by atoms with van der Waals surface area (Å²) in [6, 6.07) is 2.19. The van der Waals surface area contributed by atoms with Crippen LogP contribution in [0.3, 0.4) is 0 Å². The smallest absolute Gasteiger partial charge is 0.326 e. The average Bonchev–Trinajstić information content (AvgIpc) is 2.71. The van der Waals surface area contributed by atoms with E-state index in [9.17, 15) is 14.7 Å². The maximum Gasteiger partial charge on any atom is 0.326 e. The number of nitrogens with zero attached hydrogens (tertiary/aromatic N) is 2. The second-order valence-corrected chi connectivity index (χ2v) is 4.88. The molecule has 0 spiro atoms. The number of pyridine rings is 1. The van der Waals surface area contributed by atoms with Crippen molar-refractivity contribution in [3.8, 4) is 0 Å². The molecule has 6 nitrogen and oxygen atoms in total. The first-order chi connectivity index (χ1) is 8.49. The zero-order chi connectivity index (χ0) is 13.3. The predicted molar refractivity (Wildman–Crippen MR) is 65.0 cm³/mol. The summed E-state index contributed by atoms with van der Waals surface area (Å²) >= 11 is 3.15. The van der Waals surface area contributed by atoms with Crippen molar-refractivity contribution in [2.45, 2.75) is 18.6 Å². The molecule has 1 fully saturated rings. The predicted octanol–water partition coefficient (Wildman–Crippen LogP) is 0.504. The van der Waals surface area contributed by atoms with Gasteiger partial charge in [-0.25, -0.2) is 9.78 Å². The van der Waals surface area contributed by atoms with Crippen LogP contribution in [-0.4, -0.2) is 50.7 Å². The maximum absolute atomic E-state index is 12.1. The highest BCUT2D eigenvalue weighted by molar-refractivity contribution is 9.10. The second kappa shape index (κ2) is 5.03. The molecule has 1 saturated heterocycles. The van der Waals surface area contributed by atoms with Gasteiger partial charge in [-0.2, -0.15) is 0 Å². The van der Waals surface area contributed by atoms with Gasteiger partial charge in [0.15, 0.2) is 0 Å². The number of amides is 1. The van der Waals surface area contributed by atoms with Crippen LogP contribution in [0, 0.1) is 0 Å². The molecule has 2 N–H and O–H groups in total. The number of carboxylic acid groups (broad SMARTS) is 1. The van der Waals surface area contributed by atoms with Crippen molar-refractivity contribution in [2.75, 3.05) is 6.54 Å². The van der Waals surface area contributed by atoms with Crippen molar-refractivity contribution in [1.82, 2.24) is 9.88 Å². The Balaban J connectivity index is 2.22. The van der Waals surface area contributed by atoms with E-state index in [0.29, 0.717) is 10.2 Å². The van der Waals surface area contributed by atoms with E-state index in [4.69, 9.17) is 5.11 Å². The number of aromatic nitrogens is 1. The summed E-state index contributed by atoms with van der Waals surface area (Å²) in [6.07, 6.45) is 0.639. The monoisotopic (exact) mass is 314 g/mol. The summed E-state index contributed by atoms with van der Waals surface area (Å²) in [6.45, 7) is 0.0336. The SMILES string of the molecule is O=C(O)C1CC(O)CN1C(=O)c1ccc(Br)nc1. The number of carbonyl (C=O) groups excluding carboxylic acids is 1. The number of hydrogen-bond donors (Lipinski definition) is 2. The third-order valence-corrected chi connectivity index (χ3v) is 3.27. The molecule has 18 heavy (non-hydrogen) atoms. The molecular weight excluding hydrogens is 304 g/mol. The highest BCUT2D eigenvalue weighted by atomic mass is 79.9. The quantitative estimate of drug-likeness (QED) is 0.776. The lowest BCUT2D eigenvalue weighted by Crippen LogP contribution is -2.40. The van der Waals surface area contributed by atoms with E-state index in [2.05, 4.69) is 20.9 Å². The van der Waals surface area contributed by atoms with E-state index in [1.807, 2.05) is 0 Å². The normalized spacial score (nSPS) is 23.1. The first kappa shape index (κ1) is 13.0. The van der Waals surface area contributed by atoms with Crippen molar-refractivity contribution in [1.29, 1.82) is 0 Å². The zero-order valence-corrected chi connectivity index (χ0v) is 10.9. The summed E-state index contributed by atoms with van der Waals surface area (Å²) in [5.41, 5.74) is 0.304. The van der Waals surface area contributed by atoms with Gasteiger partial charge in [0.2, 0.25) is 0 Å². The van der Waals surface area contributed by atoms with Crippen LogP contribution in [0.1, 0.15) is 16.8 Å². The van der Waals surface area contributed by atoms with Gasteiger partial charge in [0.25, 0.3) is 5.91 Å². The Morgan fingerprint density at radius 1 is 1.44 bits per heavy atom. The number of hydrogen-bond acceptors (Lipinski definition) is 4. The number of β-amino-alcohol motifs (C(OH)–C–C–N with tert-alkyl or cyclic N) is 1. The Hall–Kier alpha value is -1.47. The summed E-state index contributed by atoms with van der Waals surface area (Å²) in [7, 11) is 0. The molecule has 2 heterocycles. The van der Waals surface area contributed by atoms with Crippen LogP contribution in [0.15, 0.2) is 22.9 Å². The number of rotatable bonds is 2. The molecule has 2 atom stereocenters. The van der Waals surface area contributed by atoms with Gasteiger partial charge in [0.1, 0.15) is 10.6 Å². The van der Waals surface area contributed by atoms with Crippen molar-refractivity contribution in [3.05, 3.63) is 28.5 Å². The molecule has 2 unspecified atom stereocenters. The number of carbonyl (C=O) groups is 2. The van der Waals surface area contributed by atoms with E-state index in [-0.39, 0.29) is 13.0 Å². The minimum absolute atomic E-state index is 0.0336. The third-order valence-electron chi connectivity index (χ3n) is 2.80. The fraction of sp³-hybridized carbons (Fsp3) is 0.364. The van der Waals surface area contributed by atoms with Gasteiger partial charge in [-0.3, -0.25) is 4.79 Å². The summed E-state index contributed by atoms with van der Waals surface area (Å²) in [5.74, 6) is -1.54. The number of carboxylic acids is 1. The molecule has 1 amide bonds. The largest absolute Gasteiger partial charge is 0.480 e. The van der Waals surface area contributed by atoms with E-state index in [1.54, 1.807) is 12.1 Å². The lowest BCUT2D eigenvalue weighted by atomic mass is 10.2. The van der Waals surface area contributed by atoms with Gasteiger partial charge >= 0.3 is 5.97 Å². The fourth-order valence-corrected chi connectivity index (χ4v) is 2.18. The second-order valence-electron chi connectivity index (χ2n) is 4.07. The number of aliphatic hydroxyl groups excluding tert-OH is 1. The Morgan fingerprint density at radius 3 is 2.72 bits per heavy atom. The molecule has 96 valence electrons.